The van der Waals surface area contributed by atoms with E-state index >= 15 is 0 Å². The Hall–Kier alpha value is -1.92. The van der Waals surface area contributed by atoms with Gasteiger partial charge in [-0.2, -0.15) is 0 Å². The van der Waals surface area contributed by atoms with Crippen molar-refractivity contribution in [1.29, 1.82) is 0 Å². The summed E-state index contributed by atoms with van der Waals surface area (Å²) in [6.07, 6.45) is 0. The standard InChI is InChI=1S/C17H18ClN3O2S/c1-11-15(24-12(2)19-11)17(23)21-9-7-20(8-10-21)16(22)13-3-5-14(18)6-4-13/h3-6H,7-10H2,1-2H3. The van der Waals surface area contributed by atoms with Gasteiger partial charge in [0.25, 0.3) is 11.8 Å². The summed E-state index contributed by atoms with van der Waals surface area (Å²) >= 11 is 7.28. The highest BCUT2D eigenvalue weighted by molar-refractivity contribution is 7.13. The van der Waals surface area contributed by atoms with Gasteiger partial charge in [0, 0.05) is 36.8 Å². The van der Waals surface area contributed by atoms with E-state index in [2.05, 4.69) is 4.98 Å². The summed E-state index contributed by atoms with van der Waals surface area (Å²) in [6, 6.07) is 6.88. The number of carbonyl (C=O) groups excluding carboxylic acids is 2. The van der Waals surface area contributed by atoms with Crippen molar-refractivity contribution in [2.45, 2.75) is 13.8 Å². The van der Waals surface area contributed by atoms with E-state index in [4.69, 9.17) is 11.6 Å². The Labute approximate surface area is 149 Å². The molecule has 126 valence electrons. The Morgan fingerprint density at radius 2 is 1.54 bits per heavy atom. The van der Waals surface area contributed by atoms with Crippen molar-refractivity contribution in [2.24, 2.45) is 0 Å². The van der Waals surface area contributed by atoms with Crippen LogP contribution in [0.15, 0.2) is 24.3 Å². The molecule has 2 heterocycles. The third kappa shape index (κ3) is 3.44. The largest absolute Gasteiger partial charge is 0.335 e. The molecule has 2 amide bonds. The normalized spacial score (nSPS) is 14.8. The van der Waals surface area contributed by atoms with Gasteiger partial charge in [0.1, 0.15) is 4.88 Å². The molecule has 0 unspecified atom stereocenters. The second-order valence-electron chi connectivity index (χ2n) is 5.74. The van der Waals surface area contributed by atoms with Crippen LogP contribution in [0.3, 0.4) is 0 Å². The Bertz CT molecular complexity index is 765. The molecule has 0 N–H and O–H groups in total. The number of hydrogen-bond acceptors (Lipinski definition) is 4. The number of thiazole rings is 1. The third-order valence-corrected chi connectivity index (χ3v) is 5.36. The van der Waals surface area contributed by atoms with Crippen LogP contribution in [-0.2, 0) is 0 Å². The minimum atomic E-state index is -0.0245. The van der Waals surface area contributed by atoms with Crippen molar-refractivity contribution in [1.82, 2.24) is 14.8 Å². The van der Waals surface area contributed by atoms with Crippen molar-refractivity contribution in [3.63, 3.8) is 0 Å². The van der Waals surface area contributed by atoms with E-state index in [1.54, 1.807) is 34.1 Å². The maximum atomic E-state index is 12.6. The van der Waals surface area contributed by atoms with Crippen LogP contribution in [0.5, 0.6) is 0 Å². The first-order valence-corrected chi connectivity index (χ1v) is 8.93. The summed E-state index contributed by atoms with van der Waals surface area (Å²) in [6.45, 7) is 5.89. The molecule has 5 nitrogen and oxygen atoms in total. The lowest BCUT2D eigenvalue weighted by atomic mass is 10.2. The molecule has 0 bridgehead atoms. The van der Waals surface area contributed by atoms with Crippen LogP contribution in [0.25, 0.3) is 0 Å². The SMILES string of the molecule is Cc1nc(C)c(C(=O)N2CCN(C(=O)c3ccc(Cl)cc3)CC2)s1. The number of nitrogens with zero attached hydrogens (tertiary/aromatic N) is 3. The molecule has 24 heavy (non-hydrogen) atoms. The molecule has 0 saturated carbocycles. The lowest BCUT2D eigenvalue weighted by Gasteiger charge is -2.34. The van der Waals surface area contributed by atoms with E-state index in [1.807, 2.05) is 13.8 Å². The van der Waals surface area contributed by atoms with E-state index in [9.17, 15) is 9.59 Å². The number of halogens is 1. The fourth-order valence-corrected chi connectivity index (χ4v) is 3.77. The van der Waals surface area contributed by atoms with Gasteiger partial charge in [0.2, 0.25) is 0 Å². The number of hydrogen-bond donors (Lipinski definition) is 0. The van der Waals surface area contributed by atoms with Gasteiger partial charge in [0.05, 0.1) is 10.7 Å². The van der Waals surface area contributed by atoms with Gasteiger partial charge in [-0.15, -0.1) is 11.3 Å². The fraction of sp³-hybridized carbons (Fsp3) is 0.353. The summed E-state index contributed by atoms with van der Waals surface area (Å²) < 4.78 is 0. The van der Waals surface area contributed by atoms with Gasteiger partial charge in [-0.05, 0) is 38.1 Å². The summed E-state index contributed by atoms with van der Waals surface area (Å²) in [5, 5.41) is 1.50. The van der Waals surface area contributed by atoms with Gasteiger partial charge >= 0.3 is 0 Å². The average molecular weight is 364 g/mol. The second kappa shape index (κ2) is 6.91. The predicted molar refractivity (Wildman–Crippen MR) is 94.8 cm³/mol. The van der Waals surface area contributed by atoms with Crippen LogP contribution in [-0.4, -0.2) is 52.8 Å². The zero-order valence-electron chi connectivity index (χ0n) is 13.6. The minimum Gasteiger partial charge on any atom is -0.335 e. The number of rotatable bonds is 2. The Morgan fingerprint density at radius 1 is 1.00 bits per heavy atom. The summed E-state index contributed by atoms with van der Waals surface area (Å²) in [4.78, 5) is 33.7. The summed E-state index contributed by atoms with van der Waals surface area (Å²) in [7, 11) is 0. The lowest BCUT2D eigenvalue weighted by Crippen LogP contribution is -2.50. The number of aromatic nitrogens is 1. The molecule has 1 aliphatic rings. The Balaban J connectivity index is 1.63. The van der Waals surface area contributed by atoms with Gasteiger partial charge in [0.15, 0.2) is 0 Å². The van der Waals surface area contributed by atoms with E-state index in [1.165, 1.54) is 11.3 Å². The number of piperazine rings is 1. The average Bonchev–Trinajstić information content (AvgIpc) is 2.93. The Morgan fingerprint density at radius 3 is 2.04 bits per heavy atom. The molecule has 0 radical (unpaired) electrons. The van der Waals surface area contributed by atoms with Crippen molar-refractivity contribution in [2.75, 3.05) is 26.2 Å². The number of amides is 2. The first-order valence-electron chi connectivity index (χ1n) is 7.74. The van der Waals surface area contributed by atoms with Crippen LogP contribution in [0.1, 0.15) is 30.7 Å². The van der Waals surface area contributed by atoms with Gasteiger partial charge in [-0.25, -0.2) is 4.98 Å². The van der Waals surface area contributed by atoms with Gasteiger partial charge in [-0.1, -0.05) is 11.6 Å². The molecular weight excluding hydrogens is 346 g/mol. The zero-order chi connectivity index (χ0) is 17.3. The molecule has 1 aromatic carbocycles. The van der Waals surface area contributed by atoms with E-state index in [0.717, 1.165) is 10.7 Å². The quantitative estimate of drug-likeness (QED) is 0.824. The van der Waals surface area contributed by atoms with Crippen LogP contribution >= 0.6 is 22.9 Å². The first-order chi connectivity index (χ1) is 11.5. The predicted octanol–water partition coefficient (Wildman–Crippen LogP) is 3.01. The maximum Gasteiger partial charge on any atom is 0.265 e. The monoisotopic (exact) mass is 363 g/mol. The first kappa shape index (κ1) is 16.9. The molecule has 0 spiro atoms. The van der Waals surface area contributed by atoms with Crippen molar-refractivity contribution >= 4 is 34.8 Å². The number of benzene rings is 1. The summed E-state index contributed by atoms with van der Waals surface area (Å²) in [5.74, 6) is -0.0136. The molecule has 2 aromatic rings. The minimum absolute atomic E-state index is 0.0108. The molecule has 1 saturated heterocycles. The highest BCUT2D eigenvalue weighted by Crippen LogP contribution is 2.20. The van der Waals surface area contributed by atoms with Crippen LogP contribution in [0.2, 0.25) is 5.02 Å². The molecule has 0 atom stereocenters. The van der Waals surface area contributed by atoms with Crippen molar-refractivity contribution < 1.29 is 9.59 Å². The van der Waals surface area contributed by atoms with E-state index in [0.29, 0.717) is 41.6 Å². The molecule has 1 fully saturated rings. The number of aryl methyl sites for hydroxylation is 2. The third-order valence-electron chi connectivity index (χ3n) is 4.04. The lowest BCUT2D eigenvalue weighted by molar-refractivity contribution is 0.0537. The van der Waals surface area contributed by atoms with Gasteiger partial charge in [-0.3, -0.25) is 9.59 Å². The van der Waals surface area contributed by atoms with Crippen LogP contribution in [0, 0.1) is 13.8 Å². The Kier molecular flexibility index (Phi) is 4.87. The zero-order valence-corrected chi connectivity index (χ0v) is 15.2. The van der Waals surface area contributed by atoms with Crippen molar-refractivity contribution in [3.8, 4) is 0 Å². The van der Waals surface area contributed by atoms with Crippen LogP contribution in [0.4, 0.5) is 0 Å². The molecular formula is C17H18ClN3O2S. The maximum absolute atomic E-state index is 12.6. The fourth-order valence-electron chi connectivity index (χ4n) is 2.76. The molecule has 1 aliphatic heterocycles. The van der Waals surface area contributed by atoms with E-state index in [-0.39, 0.29) is 11.8 Å². The van der Waals surface area contributed by atoms with Crippen LogP contribution < -0.4 is 0 Å². The molecule has 7 heteroatoms. The van der Waals surface area contributed by atoms with E-state index < -0.39 is 0 Å². The highest BCUT2D eigenvalue weighted by atomic mass is 35.5. The smallest absolute Gasteiger partial charge is 0.265 e. The molecule has 3 rings (SSSR count). The molecule has 1 aromatic heterocycles. The second-order valence-corrected chi connectivity index (χ2v) is 7.38. The summed E-state index contributed by atoms with van der Waals surface area (Å²) in [5.41, 5.74) is 1.40. The van der Waals surface area contributed by atoms with Crippen molar-refractivity contribution in [3.05, 3.63) is 50.4 Å². The number of carbonyl (C=O) groups is 2. The topological polar surface area (TPSA) is 53.5 Å². The molecule has 0 aliphatic carbocycles. The highest BCUT2D eigenvalue weighted by Gasteiger charge is 2.27. The van der Waals surface area contributed by atoms with Gasteiger partial charge < -0.3 is 9.80 Å².